The number of carbonyl (C=O) groups is 2. The molecule has 2 N–H and O–H groups in total. The monoisotopic (exact) mass is 302 g/mol. The van der Waals surface area contributed by atoms with Crippen LogP contribution >= 0.6 is 11.3 Å². The molecule has 1 aromatic heterocycles. The van der Waals surface area contributed by atoms with Crippen molar-refractivity contribution in [2.24, 2.45) is 5.92 Å². The number of hydrogen-bond acceptors (Lipinski definition) is 3. The highest BCUT2D eigenvalue weighted by molar-refractivity contribution is 7.08. The Balaban J connectivity index is 1.89. The molecule has 2 amide bonds. The fourth-order valence-electron chi connectivity index (χ4n) is 2.48. The molecule has 1 atom stereocenters. The molecule has 2 aromatic rings. The molecule has 108 valence electrons. The minimum absolute atomic E-state index is 0.183. The molecule has 0 aliphatic carbocycles. The summed E-state index contributed by atoms with van der Waals surface area (Å²) in [5.41, 5.74) is 2.39. The second-order valence-electron chi connectivity index (χ2n) is 4.92. The summed E-state index contributed by atoms with van der Waals surface area (Å²) in [6, 6.07) is 8.94. The average Bonchev–Trinajstić information content (AvgIpc) is 2.98. The van der Waals surface area contributed by atoms with Gasteiger partial charge in [-0.15, -0.1) is 0 Å². The standard InChI is InChI=1S/C15H14N2O3S/c18-14(19)11-7-10-3-1-2-4-13(10)17(8-11)15(20)16-12-5-6-21-9-12/h1-6,9,11H,7-8H2,(H,16,20)(H,18,19). The Hall–Kier alpha value is -2.34. The van der Waals surface area contributed by atoms with Crippen molar-refractivity contribution in [1.29, 1.82) is 0 Å². The van der Waals surface area contributed by atoms with Gasteiger partial charge in [-0.3, -0.25) is 9.69 Å². The number of benzene rings is 1. The van der Waals surface area contributed by atoms with Crippen molar-refractivity contribution in [2.75, 3.05) is 16.8 Å². The van der Waals surface area contributed by atoms with E-state index < -0.39 is 11.9 Å². The summed E-state index contributed by atoms with van der Waals surface area (Å²) < 4.78 is 0. The number of fused-ring (bicyclic) bond motifs is 1. The van der Waals surface area contributed by atoms with E-state index in [0.717, 1.165) is 16.9 Å². The van der Waals surface area contributed by atoms with Crippen molar-refractivity contribution in [2.45, 2.75) is 6.42 Å². The molecular weight excluding hydrogens is 288 g/mol. The fourth-order valence-corrected chi connectivity index (χ4v) is 3.07. The van der Waals surface area contributed by atoms with Crippen molar-refractivity contribution in [1.82, 2.24) is 0 Å². The van der Waals surface area contributed by atoms with Crippen LogP contribution in [0.3, 0.4) is 0 Å². The van der Waals surface area contributed by atoms with Crippen LogP contribution in [0.4, 0.5) is 16.2 Å². The van der Waals surface area contributed by atoms with Crippen LogP contribution in [-0.4, -0.2) is 23.7 Å². The number of carbonyl (C=O) groups excluding carboxylic acids is 1. The number of anilines is 2. The lowest BCUT2D eigenvalue weighted by atomic mass is 9.93. The molecule has 0 saturated heterocycles. The Labute approximate surface area is 125 Å². The summed E-state index contributed by atoms with van der Waals surface area (Å²) in [6.45, 7) is 0.183. The van der Waals surface area contributed by atoms with Crippen LogP contribution in [-0.2, 0) is 11.2 Å². The van der Waals surface area contributed by atoms with Gasteiger partial charge in [0.05, 0.1) is 11.6 Å². The van der Waals surface area contributed by atoms with Crippen LogP contribution in [0.2, 0.25) is 0 Å². The summed E-state index contributed by atoms with van der Waals surface area (Å²) in [6.07, 6.45) is 0.452. The van der Waals surface area contributed by atoms with Crippen LogP contribution in [0, 0.1) is 5.92 Å². The molecule has 5 nitrogen and oxygen atoms in total. The first-order valence-corrected chi connectivity index (χ1v) is 7.51. The zero-order chi connectivity index (χ0) is 14.8. The molecule has 0 radical (unpaired) electrons. The Morgan fingerprint density at radius 2 is 2.10 bits per heavy atom. The predicted octanol–water partition coefficient (Wildman–Crippen LogP) is 3.04. The minimum Gasteiger partial charge on any atom is -0.481 e. The summed E-state index contributed by atoms with van der Waals surface area (Å²) in [5, 5.41) is 15.8. The average molecular weight is 302 g/mol. The van der Waals surface area contributed by atoms with Gasteiger partial charge in [0.2, 0.25) is 0 Å². The summed E-state index contributed by atoms with van der Waals surface area (Å²) in [7, 11) is 0. The number of amides is 2. The number of carboxylic acid groups (broad SMARTS) is 1. The van der Waals surface area contributed by atoms with E-state index >= 15 is 0 Å². The molecule has 1 aliphatic heterocycles. The topological polar surface area (TPSA) is 69.6 Å². The van der Waals surface area contributed by atoms with Gasteiger partial charge in [-0.25, -0.2) is 4.79 Å². The Morgan fingerprint density at radius 3 is 2.81 bits per heavy atom. The molecule has 1 aromatic carbocycles. The van der Waals surface area contributed by atoms with E-state index in [-0.39, 0.29) is 12.6 Å². The number of nitrogens with zero attached hydrogens (tertiary/aromatic N) is 1. The Kier molecular flexibility index (Phi) is 3.62. The summed E-state index contributed by atoms with van der Waals surface area (Å²) >= 11 is 1.49. The third kappa shape index (κ3) is 2.75. The van der Waals surface area contributed by atoms with Gasteiger partial charge in [-0.2, -0.15) is 11.3 Å². The molecule has 2 heterocycles. The first-order chi connectivity index (χ1) is 10.1. The molecule has 21 heavy (non-hydrogen) atoms. The maximum Gasteiger partial charge on any atom is 0.326 e. The second-order valence-corrected chi connectivity index (χ2v) is 5.70. The number of para-hydroxylation sites is 1. The fraction of sp³-hybridized carbons (Fsp3) is 0.200. The number of hydrogen-bond donors (Lipinski definition) is 2. The van der Waals surface area contributed by atoms with Crippen LogP contribution in [0.1, 0.15) is 5.56 Å². The number of nitrogens with one attached hydrogen (secondary N) is 1. The van der Waals surface area contributed by atoms with Crippen LogP contribution in [0.15, 0.2) is 41.1 Å². The molecule has 0 saturated carbocycles. The molecule has 0 fully saturated rings. The number of thiophene rings is 1. The van der Waals surface area contributed by atoms with Crippen molar-refractivity contribution < 1.29 is 14.7 Å². The maximum atomic E-state index is 12.4. The van der Waals surface area contributed by atoms with E-state index in [1.165, 1.54) is 16.2 Å². The number of aliphatic carboxylic acids is 1. The van der Waals surface area contributed by atoms with Gasteiger partial charge in [0, 0.05) is 17.6 Å². The van der Waals surface area contributed by atoms with Crippen LogP contribution < -0.4 is 10.2 Å². The highest BCUT2D eigenvalue weighted by Gasteiger charge is 2.32. The van der Waals surface area contributed by atoms with Crippen molar-refractivity contribution in [3.05, 3.63) is 46.7 Å². The van der Waals surface area contributed by atoms with Crippen molar-refractivity contribution in [3.8, 4) is 0 Å². The minimum atomic E-state index is -0.877. The molecule has 1 unspecified atom stereocenters. The smallest absolute Gasteiger partial charge is 0.326 e. The second kappa shape index (κ2) is 5.57. The summed E-state index contributed by atoms with van der Waals surface area (Å²) in [4.78, 5) is 25.2. The first-order valence-electron chi connectivity index (χ1n) is 6.56. The number of rotatable bonds is 2. The van der Waals surface area contributed by atoms with E-state index in [2.05, 4.69) is 5.32 Å². The number of urea groups is 1. The van der Waals surface area contributed by atoms with Gasteiger partial charge < -0.3 is 10.4 Å². The lowest BCUT2D eigenvalue weighted by Gasteiger charge is -2.32. The predicted molar refractivity (Wildman–Crippen MR) is 82.0 cm³/mol. The maximum absolute atomic E-state index is 12.4. The molecule has 6 heteroatoms. The van der Waals surface area contributed by atoms with E-state index in [0.29, 0.717) is 6.42 Å². The Bertz CT molecular complexity index is 669. The van der Waals surface area contributed by atoms with E-state index in [1.54, 1.807) is 0 Å². The van der Waals surface area contributed by atoms with Crippen LogP contribution in [0.5, 0.6) is 0 Å². The van der Waals surface area contributed by atoms with Crippen LogP contribution in [0.25, 0.3) is 0 Å². The van der Waals surface area contributed by atoms with Gasteiger partial charge in [0.15, 0.2) is 0 Å². The summed E-state index contributed by atoms with van der Waals surface area (Å²) in [5.74, 6) is -1.45. The normalized spacial score (nSPS) is 17.1. The lowest BCUT2D eigenvalue weighted by Crippen LogP contribution is -2.44. The number of carboxylic acids is 1. The third-order valence-electron chi connectivity index (χ3n) is 3.52. The molecule has 0 bridgehead atoms. The highest BCUT2D eigenvalue weighted by Crippen LogP contribution is 2.30. The zero-order valence-electron chi connectivity index (χ0n) is 11.2. The SMILES string of the molecule is O=C(O)C1Cc2ccccc2N(C(=O)Nc2ccsc2)C1. The van der Waals surface area contributed by atoms with E-state index in [9.17, 15) is 14.7 Å². The molecule has 0 spiro atoms. The van der Waals surface area contributed by atoms with Crippen molar-refractivity contribution >= 4 is 34.7 Å². The third-order valence-corrected chi connectivity index (χ3v) is 4.20. The lowest BCUT2D eigenvalue weighted by molar-refractivity contribution is -0.141. The van der Waals surface area contributed by atoms with Gasteiger partial charge >= 0.3 is 12.0 Å². The zero-order valence-corrected chi connectivity index (χ0v) is 12.0. The molecule has 3 rings (SSSR count). The van der Waals surface area contributed by atoms with Gasteiger partial charge in [-0.05, 0) is 29.5 Å². The molecular formula is C15H14N2O3S. The van der Waals surface area contributed by atoms with Gasteiger partial charge in [-0.1, -0.05) is 18.2 Å². The van der Waals surface area contributed by atoms with E-state index in [1.807, 2.05) is 41.1 Å². The van der Waals surface area contributed by atoms with E-state index in [4.69, 9.17) is 0 Å². The van der Waals surface area contributed by atoms with Gasteiger partial charge in [0.25, 0.3) is 0 Å². The Morgan fingerprint density at radius 1 is 1.29 bits per heavy atom. The largest absolute Gasteiger partial charge is 0.481 e. The first kappa shape index (κ1) is 13.6. The highest BCUT2D eigenvalue weighted by atomic mass is 32.1. The quantitative estimate of drug-likeness (QED) is 0.896. The van der Waals surface area contributed by atoms with Crippen molar-refractivity contribution in [3.63, 3.8) is 0 Å². The molecule has 1 aliphatic rings. The van der Waals surface area contributed by atoms with Gasteiger partial charge in [0.1, 0.15) is 0 Å².